The number of pyridine rings is 2. The van der Waals surface area contributed by atoms with Crippen LogP contribution in [0.5, 0.6) is 0 Å². The van der Waals surface area contributed by atoms with E-state index in [0.29, 0.717) is 0 Å². The van der Waals surface area contributed by atoms with Gasteiger partial charge in [0, 0.05) is 29.7 Å². The van der Waals surface area contributed by atoms with Crippen molar-refractivity contribution in [2.75, 3.05) is 5.32 Å². The van der Waals surface area contributed by atoms with Crippen molar-refractivity contribution in [1.29, 1.82) is 0 Å². The van der Waals surface area contributed by atoms with Gasteiger partial charge < -0.3 is 5.32 Å². The van der Waals surface area contributed by atoms with Crippen LogP contribution in [-0.2, 0) is 0 Å². The lowest BCUT2D eigenvalue weighted by molar-refractivity contribution is 0.841. The number of aromatic nitrogens is 2. The topological polar surface area (TPSA) is 37.8 Å². The van der Waals surface area contributed by atoms with E-state index in [1.54, 1.807) is 0 Å². The summed E-state index contributed by atoms with van der Waals surface area (Å²) in [6.07, 6.45) is 5.52. The minimum absolute atomic E-state index is 0.159. The third-order valence-corrected chi connectivity index (χ3v) is 3.19. The van der Waals surface area contributed by atoms with Gasteiger partial charge in [0.2, 0.25) is 0 Å². The summed E-state index contributed by atoms with van der Waals surface area (Å²) in [5.74, 6) is 0. The first kappa shape index (κ1) is 11.7. The summed E-state index contributed by atoms with van der Waals surface area (Å²) in [5, 5.41) is 5.82. The molecule has 94 valence electrons. The van der Waals surface area contributed by atoms with Gasteiger partial charge in [0.1, 0.15) is 0 Å². The summed E-state index contributed by atoms with van der Waals surface area (Å²) in [5.41, 5.74) is 2.12. The highest BCUT2D eigenvalue weighted by molar-refractivity contribution is 5.93. The molecule has 0 fully saturated rings. The number of nitrogens with zero attached hydrogens (tertiary/aromatic N) is 2. The molecule has 0 bridgehead atoms. The molecular formula is C16H15N3. The van der Waals surface area contributed by atoms with Crippen LogP contribution in [0.15, 0.2) is 61.1 Å². The van der Waals surface area contributed by atoms with Crippen molar-refractivity contribution < 1.29 is 0 Å². The molecule has 1 atom stereocenters. The van der Waals surface area contributed by atoms with Gasteiger partial charge in [-0.2, -0.15) is 0 Å². The maximum absolute atomic E-state index is 4.38. The maximum atomic E-state index is 4.38. The summed E-state index contributed by atoms with van der Waals surface area (Å²) in [6, 6.07) is 14.4. The number of fused-ring (bicyclic) bond motifs is 1. The predicted molar refractivity (Wildman–Crippen MR) is 78.0 cm³/mol. The van der Waals surface area contributed by atoms with Gasteiger partial charge in [-0.15, -0.1) is 0 Å². The first-order valence-corrected chi connectivity index (χ1v) is 6.35. The number of rotatable bonds is 3. The van der Waals surface area contributed by atoms with Crippen LogP contribution in [-0.4, -0.2) is 9.97 Å². The fourth-order valence-corrected chi connectivity index (χ4v) is 2.18. The zero-order chi connectivity index (χ0) is 13.1. The molecule has 3 aromatic rings. The zero-order valence-corrected chi connectivity index (χ0v) is 10.7. The van der Waals surface area contributed by atoms with Crippen molar-refractivity contribution in [1.82, 2.24) is 9.97 Å². The molecule has 3 heteroatoms. The molecule has 0 saturated heterocycles. The number of hydrogen-bond acceptors (Lipinski definition) is 3. The smallest absolute Gasteiger partial charge is 0.0657 e. The quantitative estimate of drug-likeness (QED) is 0.767. The normalized spacial score (nSPS) is 12.3. The van der Waals surface area contributed by atoms with Crippen molar-refractivity contribution in [2.24, 2.45) is 0 Å². The van der Waals surface area contributed by atoms with Gasteiger partial charge in [-0.05, 0) is 36.6 Å². The van der Waals surface area contributed by atoms with Crippen LogP contribution in [0, 0.1) is 0 Å². The van der Waals surface area contributed by atoms with Crippen LogP contribution in [0.3, 0.4) is 0 Å². The van der Waals surface area contributed by atoms with Crippen LogP contribution in [0.4, 0.5) is 5.69 Å². The summed E-state index contributed by atoms with van der Waals surface area (Å²) >= 11 is 0. The monoisotopic (exact) mass is 249 g/mol. The second kappa shape index (κ2) is 5.06. The largest absolute Gasteiger partial charge is 0.376 e. The molecular weight excluding hydrogens is 234 g/mol. The molecule has 19 heavy (non-hydrogen) atoms. The van der Waals surface area contributed by atoms with Crippen LogP contribution >= 0.6 is 0 Å². The average molecular weight is 249 g/mol. The fraction of sp³-hybridized carbons (Fsp3) is 0.125. The lowest BCUT2D eigenvalue weighted by Crippen LogP contribution is -2.08. The van der Waals surface area contributed by atoms with Crippen LogP contribution < -0.4 is 5.32 Å². The van der Waals surface area contributed by atoms with Gasteiger partial charge in [-0.3, -0.25) is 9.97 Å². The van der Waals surface area contributed by atoms with E-state index >= 15 is 0 Å². The Bertz CT molecular complexity index is 674. The molecule has 2 aromatic heterocycles. The highest BCUT2D eigenvalue weighted by atomic mass is 14.9. The molecule has 2 heterocycles. The summed E-state index contributed by atoms with van der Waals surface area (Å²) < 4.78 is 0. The third-order valence-electron chi connectivity index (χ3n) is 3.19. The first-order chi connectivity index (χ1) is 9.34. The molecule has 3 rings (SSSR count). The van der Waals surface area contributed by atoms with E-state index in [1.165, 1.54) is 5.39 Å². The van der Waals surface area contributed by atoms with E-state index in [4.69, 9.17) is 0 Å². The molecule has 1 N–H and O–H groups in total. The minimum atomic E-state index is 0.159. The van der Waals surface area contributed by atoms with Crippen molar-refractivity contribution in [3.05, 3.63) is 66.7 Å². The molecule has 0 saturated carbocycles. The SMILES string of the molecule is CC(Nc1cccc2ccncc12)c1ccccn1. The highest BCUT2D eigenvalue weighted by Gasteiger charge is 2.08. The van der Waals surface area contributed by atoms with Crippen molar-refractivity contribution in [2.45, 2.75) is 13.0 Å². The maximum Gasteiger partial charge on any atom is 0.0657 e. The van der Waals surface area contributed by atoms with Gasteiger partial charge >= 0.3 is 0 Å². The van der Waals surface area contributed by atoms with Crippen LogP contribution in [0.25, 0.3) is 10.8 Å². The number of hydrogen-bond donors (Lipinski definition) is 1. The molecule has 0 radical (unpaired) electrons. The van der Waals surface area contributed by atoms with Crippen LogP contribution in [0.2, 0.25) is 0 Å². The number of benzene rings is 1. The Balaban J connectivity index is 1.94. The van der Waals surface area contributed by atoms with E-state index in [9.17, 15) is 0 Å². The zero-order valence-electron chi connectivity index (χ0n) is 10.7. The molecule has 3 nitrogen and oxygen atoms in total. The molecule has 0 aliphatic rings. The predicted octanol–water partition coefficient (Wildman–Crippen LogP) is 3.80. The lowest BCUT2D eigenvalue weighted by atomic mass is 10.1. The molecule has 1 aromatic carbocycles. The van der Waals surface area contributed by atoms with Crippen molar-refractivity contribution in [3.63, 3.8) is 0 Å². The second-order valence-electron chi connectivity index (χ2n) is 4.52. The second-order valence-corrected chi connectivity index (χ2v) is 4.52. The standard InChI is InChI=1S/C16H15N3/c1-12(15-6-2-3-9-18-15)19-16-7-4-5-13-8-10-17-11-14(13)16/h2-12,19H,1H3. The Morgan fingerprint density at radius 1 is 1.00 bits per heavy atom. The Hall–Kier alpha value is -2.42. The van der Waals surface area contributed by atoms with E-state index in [-0.39, 0.29) is 6.04 Å². The average Bonchev–Trinajstić information content (AvgIpc) is 2.48. The summed E-state index contributed by atoms with van der Waals surface area (Å²) in [6.45, 7) is 2.11. The Kier molecular flexibility index (Phi) is 3.11. The van der Waals surface area contributed by atoms with E-state index in [1.807, 2.05) is 42.9 Å². The summed E-state index contributed by atoms with van der Waals surface area (Å²) in [4.78, 5) is 8.57. The fourth-order valence-electron chi connectivity index (χ4n) is 2.18. The number of nitrogens with one attached hydrogen (secondary N) is 1. The molecule has 0 spiro atoms. The molecule has 0 aliphatic heterocycles. The molecule has 0 aliphatic carbocycles. The lowest BCUT2D eigenvalue weighted by Gasteiger charge is -2.16. The van der Waals surface area contributed by atoms with E-state index < -0.39 is 0 Å². The Morgan fingerprint density at radius 3 is 2.79 bits per heavy atom. The van der Waals surface area contributed by atoms with Crippen molar-refractivity contribution >= 4 is 16.5 Å². The molecule has 1 unspecified atom stereocenters. The first-order valence-electron chi connectivity index (χ1n) is 6.35. The van der Waals surface area contributed by atoms with Crippen LogP contribution in [0.1, 0.15) is 18.7 Å². The van der Waals surface area contributed by atoms with Gasteiger partial charge in [0.15, 0.2) is 0 Å². The minimum Gasteiger partial charge on any atom is -0.376 e. The molecule has 0 amide bonds. The van der Waals surface area contributed by atoms with Gasteiger partial charge in [0.05, 0.1) is 11.7 Å². The van der Waals surface area contributed by atoms with Gasteiger partial charge in [0.25, 0.3) is 0 Å². The van der Waals surface area contributed by atoms with E-state index in [0.717, 1.165) is 16.8 Å². The highest BCUT2D eigenvalue weighted by Crippen LogP contribution is 2.25. The Labute approximate surface area is 112 Å². The van der Waals surface area contributed by atoms with Gasteiger partial charge in [-0.1, -0.05) is 18.2 Å². The van der Waals surface area contributed by atoms with Crippen molar-refractivity contribution in [3.8, 4) is 0 Å². The third kappa shape index (κ3) is 2.40. The number of anilines is 1. The van der Waals surface area contributed by atoms with E-state index in [2.05, 4.69) is 40.4 Å². The Morgan fingerprint density at radius 2 is 1.95 bits per heavy atom. The van der Waals surface area contributed by atoms with Gasteiger partial charge in [-0.25, -0.2) is 0 Å². The summed E-state index contributed by atoms with van der Waals surface area (Å²) in [7, 11) is 0.